The Morgan fingerprint density at radius 1 is 1.10 bits per heavy atom. The van der Waals surface area contributed by atoms with Crippen molar-refractivity contribution >= 4 is 63.7 Å². The summed E-state index contributed by atoms with van der Waals surface area (Å²) in [7, 11) is -1.91. The molecular formula is C29H26Cl2N2O6S. The number of unbranched alkanes of at least 4 members (excludes halogenated alkanes) is 1. The van der Waals surface area contributed by atoms with E-state index in [-0.39, 0.29) is 38.6 Å². The number of nitrogens with one attached hydrogen (secondary N) is 1. The second kappa shape index (κ2) is 13.7. The minimum Gasteiger partial charge on any atom is -0.494 e. The molecular weight excluding hydrogens is 575 g/mol. The molecule has 0 spiro atoms. The van der Waals surface area contributed by atoms with Crippen LogP contribution < -0.4 is 14.8 Å². The maximum absolute atomic E-state index is 13.3. The number of aryl methyl sites for hydroxylation is 1. The number of carbonyl (C=O) groups is 3. The van der Waals surface area contributed by atoms with Gasteiger partial charge >= 0.3 is 5.97 Å². The highest BCUT2D eigenvalue weighted by Crippen LogP contribution is 2.33. The van der Waals surface area contributed by atoms with Crippen LogP contribution in [0.15, 0.2) is 63.9 Å². The Bertz CT molecular complexity index is 1510. The van der Waals surface area contributed by atoms with E-state index >= 15 is 0 Å². The highest BCUT2D eigenvalue weighted by molar-refractivity contribution is 7.84. The number of halogens is 2. The number of esters is 1. The Balaban J connectivity index is 1.37. The highest BCUT2D eigenvalue weighted by Gasteiger charge is 2.23. The quantitative estimate of drug-likeness (QED) is 0.0924. The summed E-state index contributed by atoms with van der Waals surface area (Å²) in [5, 5.41) is 2.96. The molecule has 1 N–H and O–H groups in total. The lowest BCUT2D eigenvalue weighted by Gasteiger charge is -2.17. The van der Waals surface area contributed by atoms with Gasteiger partial charge in [0.05, 0.1) is 27.1 Å². The molecule has 40 heavy (non-hydrogen) atoms. The molecule has 208 valence electrons. The van der Waals surface area contributed by atoms with E-state index in [2.05, 4.69) is 9.71 Å². The molecule has 1 aliphatic rings. The number of fused-ring (bicyclic) bond motifs is 1. The van der Waals surface area contributed by atoms with Crippen LogP contribution in [-0.4, -0.2) is 34.7 Å². The zero-order valence-corrected chi connectivity index (χ0v) is 23.9. The van der Waals surface area contributed by atoms with E-state index in [1.54, 1.807) is 30.3 Å². The maximum atomic E-state index is 13.3. The van der Waals surface area contributed by atoms with Crippen molar-refractivity contribution in [2.24, 2.45) is 4.40 Å². The second-order valence-electron chi connectivity index (χ2n) is 8.93. The summed E-state index contributed by atoms with van der Waals surface area (Å²) in [6, 6.07) is 15.1. The number of anilines is 1. The van der Waals surface area contributed by atoms with E-state index in [1.165, 1.54) is 25.3 Å². The lowest BCUT2D eigenvalue weighted by molar-refractivity contribution is -0.132. The van der Waals surface area contributed by atoms with Crippen LogP contribution in [0.3, 0.4) is 0 Å². The van der Waals surface area contributed by atoms with Gasteiger partial charge in [0.2, 0.25) is 5.91 Å². The molecule has 3 aromatic carbocycles. The molecule has 4 rings (SSSR count). The van der Waals surface area contributed by atoms with Crippen LogP contribution in [0.1, 0.15) is 47.7 Å². The predicted molar refractivity (Wildman–Crippen MR) is 155 cm³/mol. The molecule has 1 unspecified atom stereocenters. The molecule has 11 heteroatoms. The number of rotatable bonds is 11. The summed E-state index contributed by atoms with van der Waals surface area (Å²) in [5.74, 6) is 0.0274. The van der Waals surface area contributed by atoms with Crippen molar-refractivity contribution in [3.63, 3.8) is 0 Å². The fourth-order valence-electron chi connectivity index (χ4n) is 4.10. The summed E-state index contributed by atoms with van der Waals surface area (Å²) in [6.07, 6.45) is 3.62. The van der Waals surface area contributed by atoms with E-state index in [0.29, 0.717) is 43.6 Å². The summed E-state index contributed by atoms with van der Waals surface area (Å²) < 4.78 is 28.1. The minimum atomic E-state index is -1.91. The normalized spacial score (nSPS) is 13.4. The van der Waals surface area contributed by atoms with E-state index < -0.39 is 22.7 Å². The van der Waals surface area contributed by atoms with Gasteiger partial charge in [-0.3, -0.25) is 14.4 Å². The van der Waals surface area contributed by atoms with Gasteiger partial charge < -0.3 is 14.8 Å². The Morgan fingerprint density at radius 3 is 2.70 bits per heavy atom. The fourth-order valence-corrected chi connectivity index (χ4v) is 5.51. The van der Waals surface area contributed by atoms with Crippen LogP contribution in [-0.2, 0) is 33.4 Å². The minimum absolute atomic E-state index is 0.00853. The number of hydrogen-bond donors (Lipinski definition) is 1. The second-order valence-corrected chi connectivity index (χ2v) is 10.9. The first kappa shape index (κ1) is 29.5. The maximum Gasteiger partial charge on any atom is 0.308 e. The molecule has 0 saturated heterocycles. The fraction of sp³-hybridized carbons (Fsp3) is 0.241. The van der Waals surface area contributed by atoms with Crippen LogP contribution in [0.2, 0.25) is 10.0 Å². The Hall–Kier alpha value is -3.53. The van der Waals surface area contributed by atoms with Crippen molar-refractivity contribution in [2.45, 2.75) is 43.9 Å². The molecule has 1 amide bonds. The molecule has 0 aromatic heterocycles. The van der Waals surface area contributed by atoms with E-state index in [0.717, 1.165) is 11.3 Å². The average Bonchev–Trinajstić information content (AvgIpc) is 2.92. The first-order valence-electron chi connectivity index (χ1n) is 12.5. The summed E-state index contributed by atoms with van der Waals surface area (Å²) >= 11 is 12.6. The number of hydrogen-bond acceptors (Lipinski definition) is 6. The molecule has 0 aliphatic carbocycles. The van der Waals surface area contributed by atoms with Crippen molar-refractivity contribution in [3.8, 4) is 11.5 Å². The standard InChI is InChI=1S/C29H26Cl2N2O6S/c1-18(34)39-25-7-3-2-6-20(25)17-24(35)28-26(12-10-22(30)29(28)31)40(37)32-14-4-5-15-38-21-9-11-23-19(16-21)8-13-27(36)33-23/h2-3,6-7,9-12,14,16H,4-5,8,13,15,17H2,1H3,(H,33,36)/b32-14+. The number of amides is 1. The molecule has 1 heterocycles. The summed E-state index contributed by atoms with van der Waals surface area (Å²) in [6.45, 7) is 1.69. The molecule has 3 aromatic rings. The van der Waals surface area contributed by atoms with Gasteiger partial charge in [0.1, 0.15) is 11.5 Å². The molecule has 8 nitrogen and oxygen atoms in total. The zero-order chi connectivity index (χ0) is 28.6. The van der Waals surface area contributed by atoms with Gasteiger partial charge in [-0.25, -0.2) is 4.21 Å². The number of nitrogens with zero attached hydrogens (tertiary/aromatic N) is 1. The third kappa shape index (κ3) is 7.56. The third-order valence-electron chi connectivity index (χ3n) is 5.99. The Labute approximate surface area is 244 Å². The van der Waals surface area contributed by atoms with Crippen LogP contribution >= 0.6 is 23.2 Å². The SMILES string of the molecule is CC(=O)Oc1ccccc1CC(=O)c1c(S(=O)/N=C/CCCOc2ccc3c(c2)CCC(=O)N3)ccc(Cl)c1Cl. The van der Waals surface area contributed by atoms with E-state index in [4.69, 9.17) is 32.7 Å². The number of Topliss-reactive ketones (excluding diaryl/α,β-unsaturated/α-hetero) is 1. The van der Waals surface area contributed by atoms with Crippen LogP contribution in [0, 0.1) is 0 Å². The van der Waals surface area contributed by atoms with Gasteiger partial charge in [-0.2, -0.15) is 4.40 Å². The lowest BCUT2D eigenvalue weighted by atomic mass is 10.0. The van der Waals surface area contributed by atoms with Crippen molar-refractivity contribution in [2.75, 3.05) is 11.9 Å². The third-order valence-corrected chi connectivity index (χ3v) is 7.85. The predicted octanol–water partition coefficient (Wildman–Crippen LogP) is 6.18. The lowest BCUT2D eigenvalue weighted by Crippen LogP contribution is -2.18. The number of ether oxygens (including phenoxy) is 2. The molecule has 0 bridgehead atoms. The topological polar surface area (TPSA) is 111 Å². The molecule has 1 atom stereocenters. The van der Waals surface area contributed by atoms with Gasteiger partial charge in [-0.1, -0.05) is 41.4 Å². The van der Waals surface area contributed by atoms with Crippen LogP contribution in [0.4, 0.5) is 5.69 Å². The monoisotopic (exact) mass is 600 g/mol. The summed E-state index contributed by atoms with van der Waals surface area (Å²) in [5.41, 5.74) is 2.33. The molecule has 1 aliphatic heterocycles. The molecule has 0 radical (unpaired) electrons. The Morgan fingerprint density at radius 2 is 1.90 bits per heavy atom. The van der Waals surface area contributed by atoms with Crippen LogP contribution in [0.25, 0.3) is 0 Å². The smallest absolute Gasteiger partial charge is 0.308 e. The van der Waals surface area contributed by atoms with Gasteiger partial charge in [-0.05, 0) is 61.2 Å². The highest BCUT2D eigenvalue weighted by atomic mass is 35.5. The number of carbonyl (C=O) groups excluding carboxylic acids is 3. The Kier molecular flexibility index (Phi) is 10.1. The average molecular weight is 602 g/mol. The number of ketones is 1. The van der Waals surface area contributed by atoms with Gasteiger partial charge in [-0.15, -0.1) is 0 Å². The van der Waals surface area contributed by atoms with Crippen molar-refractivity contribution in [1.29, 1.82) is 0 Å². The van der Waals surface area contributed by atoms with Gasteiger partial charge in [0.15, 0.2) is 16.8 Å². The first-order chi connectivity index (χ1) is 19.2. The summed E-state index contributed by atoms with van der Waals surface area (Å²) in [4.78, 5) is 36.4. The zero-order valence-electron chi connectivity index (χ0n) is 21.6. The largest absolute Gasteiger partial charge is 0.494 e. The molecule has 0 saturated carbocycles. The van der Waals surface area contributed by atoms with Gasteiger partial charge in [0, 0.05) is 37.2 Å². The molecule has 0 fully saturated rings. The number of para-hydroxylation sites is 1. The van der Waals surface area contributed by atoms with Gasteiger partial charge in [0.25, 0.3) is 0 Å². The van der Waals surface area contributed by atoms with Crippen molar-refractivity contribution in [1.82, 2.24) is 0 Å². The van der Waals surface area contributed by atoms with E-state index in [1.807, 2.05) is 12.1 Å². The van der Waals surface area contributed by atoms with E-state index in [9.17, 15) is 18.6 Å². The van der Waals surface area contributed by atoms with Crippen molar-refractivity contribution < 1.29 is 28.1 Å². The first-order valence-corrected chi connectivity index (χ1v) is 14.4. The van der Waals surface area contributed by atoms with Crippen LogP contribution in [0.5, 0.6) is 11.5 Å². The number of benzene rings is 3. The van der Waals surface area contributed by atoms with Crippen molar-refractivity contribution in [3.05, 3.63) is 81.3 Å².